The molecule has 1 N–H and O–H groups in total. The topological polar surface area (TPSA) is 62.9 Å². The largest absolute Gasteiger partial charge is 0.443 e. The number of rotatable bonds is 8. The van der Waals surface area contributed by atoms with E-state index in [1.165, 1.54) is 5.56 Å². The molecule has 1 saturated heterocycles. The second-order valence-corrected chi connectivity index (χ2v) is 8.34. The summed E-state index contributed by atoms with van der Waals surface area (Å²) in [6.07, 6.45) is 2.82. The van der Waals surface area contributed by atoms with Crippen LogP contribution in [0.4, 0.5) is 0 Å². The van der Waals surface area contributed by atoms with Crippen molar-refractivity contribution < 1.29 is 9.15 Å². The minimum atomic E-state index is 0.503. The lowest BCUT2D eigenvalue weighted by molar-refractivity contribution is 0.0906. The van der Waals surface area contributed by atoms with Crippen LogP contribution in [0.25, 0.3) is 10.8 Å². The molecule has 0 aliphatic carbocycles. The first-order valence-corrected chi connectivity index (χ1v) is 11.3. The number of aromatic nitrogens is 1. The molecule has 1 atom stereocenters. The van der Waals surface area contributed by atoms with Gasteiger partial charge in [0.25, 0.3) is 0 Å². The molecular weight excluding hydrogens is 396 g/mol. The summed E-state index contributed by atoms with van der Waals surface area (Å²) in [5, 5.41) is 5.43. The molecule has 0 spiro atoms. The molecule has 0 radical (unpaired) electrons. The van der Waals surface area contributed by atoms with Gasteiger partial charge >= 0.3 is 0 Å². The third-order valence-electron chi connectivity index (χ3n) is 5.06. The molecule has 0 amide bonds. The highest BCUT2D eigenvalue weighted by atomic mass is 32.1. The van der Waals surface area contributed by atoms with Crippen molar-refractivity contribution in [2.24, 2.45) is 10.9 Å². The zero-order valence-corrected chi connectivity index (χ0v) is 18.1. The van der Waals surface area contributed by atoms with Crippen molar-refractivity contribution in [2.75, 3.05) is 26.2 Å². The number of likely N-dealkylation sites (tertiary alicyclic amines) is 1. The number of nitrogens with one attached hydrogen (secondary N) is 1. The van der Waals surface area contributed by atoms with Crippen molar-refractivity contribution in [1.29, 1.82) is 0 Å². The Balaban J connectivity index is 1.29. The number of oxazole rings is 1. The number of aliphatic imine (C=N–C) groups is 1. The fourth-order valence-electron chi connectivity index (χ4n) is 3.55. The Kier molecular flexibility index (Phi) is 7.16. The van der Waals surface area contributed by atoms with E-state index in [0.29, 0.717) is 25.0 Å². The van der Waals surface area contributed by atoms with Crippen molar-refractivity contribution in [2.45, 2.75) is 26.5 Å². The summed E-state index contributed by atoms with van der Waals surface area (Å²) >= 11 is 1.62. The lowest BCUT2D eigenvalue weighted by atomic mass is 10.1. The number of guanidine groups is 1. The standard InChI is InChI=1S/C23H28N4O2S/c1-2-24-23(25-13-20-17-29-22(26-20)21-9-6-12-30-21)27-11-10-19(14-27)16-28-15-18-7-4-3-5-8-18/h3-9,12,17,19H,2,10-11,13-16H2,1H3,(H,24,25). The first-order valence-electron chi connectivity index (χ1n) is 10.4. The highest BCUT2D eigenvalue weighted by molar-refractivity contribution is 7.13. The quantitative estimate of drug-likeness (QED) is 0.429. The van der Waals surface area contributed by atoms with Crippen molar-refractivity contribution in [3.63, 3.8) is 0 Å². The molecule has 7 heteroatoms. The molecule has 4 rings (SSSR count). The van der Waals surface area contributed by atoms with Gasteiger partial charge in [-0.1, -0.05) is 36.4 Å². The molecule has 1 aliphatic heterocycles. The fourth-order valence-corrected chi connectivity index (χ4v) is 4.21. The van der Waals surface area contributed by atoms with Crippen molar-refractivity contribution >= 4 is 17.3 Å². The van der Waals surface area contributed by atoms with Gasteiger partial charge in [-0.05, 0) is 30.4 Å². The second-order valence-electron chi connectivity index (χ2n) is 7.39. The van der Waals surface area contributed by atoms with E-state index in [1.54, 1.807) is 17.6 Å². The Morgan fingerprint density at radius 1 is 1.30 bits per heavy atom. The summed E-state index contributed by atoms with van der Waals surface area (Å²) in [5.41, 5.74) is 2.06. The van der Waals surface area contributed by atoms with Crippen molar-refractivity contribution in [1.82, 2.24) is 15.2 Å². The predicted molar refractivity (Wildman–Crippen MR) is 120 cm³/mol. The van der Waals surface area contributed by atoms with E-state index in [-0.39, 0.29) is 0 Å². The predicted octanol–water partition coefficient (Wildman–Crippen LogP) is 4.41. The van der Waals surface area contributed by atoms with Gasteiger partial charge in [-0.15, -0.1) is 11.3 Å². The van der Waals surface area contributed by atoms with Gasteiger partial charge in [0.05, 0.1) is 24.6 Å². The molecule has 3 heterocycles. The van der Waals surface area contributed by atoms with Crippen LogP contribution in [0, 0.1) is 5.92 Å². The Morgan fingerprint density at radius 3 is 3.00 bits per heavy atom. The third kappa shape index (κ3) is 5.49. The molecule has 0 saturated carbocycles. The number of benzene rings is 1. The Morgan fingerprint density at radius 2 is 2.20 bits per heavy atom. The molecular formula is C23H28N4O2S. The normalized spacial score (nSPS) is 16.9. The van der Waals surface area contributed by atoms with Gasteiger partial charge in [-0.3, -0.25) is 0 Å². The van der Waals surface area contributed by atoms with Crippen LogP contribution in [0.3, 0.4) is 0 Å². The van der Waals surface area contributed by atoms with E-state index in [0.717, 1.165) is 49.2 Å². The minimum absolute atomic E-state index is 0.503. The number of thiophene rings is 1. The minimum Gasteiger partial charge on any atom is -0.443 e. The van der Waals surface area contributed by atoms with Crippen LogP contribution in [-0.2, 0) is 17.9 Å². The highest BCUT2D eigenvalue weighted by Gasteiger charge is 2.25. The van der Waals surface area contributed by atoms with Gasteiger partial charge in [0, 0.05) is 25.6 Å². The molecule has 3 aromatic rings. The van der Waals surface area contributed by atoms with Crippen LogP contribution in [0.1, 0.15) is 24.6 Å². The average molecular weight is 425 g/mol. The summed E-state index contributed by atoms with van der Waals surface area (Å²) in [7, 11) is 0. The zero-order chi connectivity index (χ0) is 20.6. The van der Waals surface area contributed by atoms with Crippen LogP contribution in [0.15, 0.2) is 63.5 Å². The van der Waals surface area contributed by atoms with Gasteiger partial charge in [0.2, 0.25) is 5.89 Å². The van der Waals surface area contributed by atoms with Gasteiger partial charge in [0.15, 0.2) is 5.96 Å². The summed E-state index contributed by atoms with van der Waals surface area (Å²) < 4.78 is 11.6. The zero-order valence-electron chi connectivity index (χ0n) is 17.3. The van der Waals surface area contributed by atoms with Crippen LogP contribution < -0.4 is 5.32 Å². The monoisotopic (exact) mass is 424 g/mol. The third-order valence-corrected chi connectivity index (χ3v) is 5.92. The van der Waals surface area contributed by atoms with Crippen molar-refractivity contribution in [3.05, 3.63) is 65.4 Å². The van der Waals surface area contributed by atoms with Gasteiger partial charge in [-0.2, -0.15) is 0 Å². The van der Waals surface area contributed by atoms with E-state index in [2.05, 4.69) is 34.3 Å². The van der Waals surface area contributed by atoms with Crippen LogP contribution in [0.5, 0.6) is 0 Å². The van der Waals surface area contributed by atoms with Crippen LogP contribution in [-0.4, -0.2) is 42.1 Å². The fraction of sp³-hybridized carbons (Fsp3) is 0.391. The number of hydrogen-bond donors (Lipinski definition) is 1. The maximum atomic E-state index is 5.95. The average Bonchev–Trinajstić information content (AvgIpc) is 3.53. The van der Waals surface area contributed by atoms with Crippen molar-refractivity contribution in [3.8, 4) is 10.8 Å². The highest BCUT2D eigenvalue weighted by Crippen LogP contribution is 2.24. The Labute approximate surface area is 181 Å². The maximum Gasteiger partial charge on any atom is 0.236 e. The summed E-state index contributed by atoms with van der Waals surface area (Å²) in [4.78, 5) is 12.7. The first-order chi connectivity index (χ1) is 14.8. The molecule has 158 valence electrons. The molecule has 6 nitrogen and oxygen atoms in total. The van der Waals surface area contributed by atoms with Gasteiger partial charge < -0.3 is 19.4 Å². The van der Waals surface area contributed by atoms with E-state index in [9.17, 15) is 0 Å². The lowest BCUT2D eigenvalue weighted by Crippen LogP contribution is -2.40. The van der Waals surface area contributed by atoms with Crippen LogP contribution >= 0.6 is 11.3 Å². The Hall–Kier alpha value is -2.64. The van der Waals surface area contributed by atoms with E-state index in [4.69, 9.17) is 14.1 Å². The Bertz CT molecular complexity index is 924. The summed E-state index contributed by atoms with van der Waals surface area (Å²) in [6, 6.07) is 14.3. The second kappa shape index (κ2) is 10.4. The van der Waals surface area contributed by atoms with E-state index in [1.807, 2.05) is 35.7 Å². The van der Waals surface area contributed by atoms with E-state index >= 15 is 0 Å². The molecule has 1 aliphatic rings. The molecule has 1 fully saturated rings. The smallest absolute Gasteiger partial charge is 0.236 e. The number of hydrogen-bond acceptors (Lipinski definition) is 5. The lowest BCUT2D eigenvalue weighted by Gasteiger charge is -2.21. The summed E-state index contributed by atoms with van der Waals surface area (Å²) in [5.74, 6) is 2.12. The molecule has 30 heavy (non-hydrogen) atoms. The van der Waals surface area contributed by atoms with E-state index < -0.39 is 0 Å². The first kappa shape index (κ1) is 20.6. The van der Waals surface area contributed by atoms with Gasteiger partial charge in [-0.25, -0.2) is 9.98 Å². The SMILES string of the molecule is CCNC(=NCc1coc(-c2cccs2)n1)N1CCC(COCc2ccccc2)C1. The van der Waals surface area contributed by atoms with Crippen LogP contribution in [0.2, 0.25) is 0 Å². The summed E-state index contributed by atoms with van der Waals surface area (Å²) in [6.45, 7) is 6.83. The number of ether oxygens (including phenoxy) is 1. The molecule has 2 aromatic heterocycles. The number of nitrogens with zero attached hydrogens (tertiary/aromatic N) is 3. The molecule has 0 bridgehead atoms. The molecule has 1 unspecified atom stereocenters. The maximum absolute atomic E-state index is 5.95. The molecule has 1 aromatic carbocycles. The van der Waals surface area contributed by atoms with Gasteiger partial charge in [0.1, 0.15) is 12.0 Å².